The van der Waals surface area contributed by atoms with Crippen LogP contribution in [0.4, 0.5) is 0 Å². The fraction of sp³-hybridized carbons (Fsp3) is 0.897. The van der Waals surface area contributed by atoms with E-state index in [2.05, 4.69) is 82.1 Å². The van der Waals surface area contributed by atoms with E-state index in [4.69, 9.17) is 0 Å². The van der Waals surface area contributed by atoms with Crippen LogP contribution in [0.5, 0.6) is 0 Å². The van der Waals surface area contributed by atoms with Crippen LogP contribution in [0.2, 0.25) is 0 Å². The van der Waals surface area contributed by atoms with Crippen molar-refractivity contribution in [2.75, 3.05) is 0 Å². The van der Waals surface area contributed by atoms with Crippen LogP contribution in [-0.4, -0.2) is 0 Å². The number of rotatable bonds is 20. The Morgan fingerprint density at radius 2 is 0.538 bits per heavy atom. The monoisotopic (exact) mass is 555 g/mol. The maximum atomic E-state index is 3.56. The van der Waals surface area contributed by atoms with E-state index in [0.717, 1.165) is 5.92 Å². The van der Waals surface area contributed by atoms with E-state index in [1.54, 1.807) is 0 Å². The Balaban J connectivity index is -0.0000000880. The maximum Gasteiger partial charge on any atom is -0.0445 e. The number of allylic oxidation sites excluding steroid dienone is 1. The van der Waals surface area contributed by atoms with E-state index in [1.165, 1.54) is 153 Å². The molecule has 0 aromatic rings. The van der Waals surface area contributed by atoms with Crippen LogP contribution in [0.15, 0.2) is 25.3 Å². The zero-order chi connectivity index (χ0) is 31.4. The second-order valence-corrected chi connectivity index (χ2v) is 11.7. The summed E-state index contributed by atoms with van der Waals surface area (Å²) in [6.07, 6.45) is 32.6. The minimum absolute atomic E-state index is 0.904. The highest BCUT2D eigenvalue weighted by Gasteiger charge is 1.91. The molecule has 0 unspecified atom stereocenters. The Morgan fingerprint density at radius 3 is 0.718 bits per heavy atom. The van der Waals surface area contributed by atoms with Crippen molar-refractivity contribution < 1.29 is 0 Å². The molecule has 242 valence electrons. The molecule has 0 saturated heterocycles. The zero-order valence-electron chi connectivity index (χ0n) is 30.5. The highest BCUT2D eigenvalue weighted by molar-refractivity contribution is 4.78. The minimum atomic E-state index is 0.904. The van der Waals surface area contributed by atoms with Gasteiger partial charge in [0.05, 0.1) is 0 Å². The van der Waals surface area contributed by atoms with E-state index in [9.17, 15) is 0 Å². The predicted octanol–water partition coefficient (Wildman–Crippen LogP) is 16.1. The lowest BCUT2D eigenvalue weighted by atomic mass is 10.1. The highest BCUT2D eigenvalue weighted by atomic mass is 14.0. The summed E-state index contributed by atoms with van der Waals surface area (Å²) in [7, 11) is 0. The largest absolute Gasteiger partial charge is 0.106 e. The molecule has 39 heavy (non-hydrogen) atoms. The average molecular weight is 555 g/mol. The zero-order valence-corrected chi connectivity index (χ0v) is 30.5. The lowest BCUT2D eigenvalue weighted by Gasteiger charge is -2.00. The highest BCUT2D eigenvalue weighted by Crippen LogP contribution is 2.08. The standard InChI is InChI=1S/C10H22.C9H20.C8H18.C6H14.C4H8.C2H4/c1-3-5-7-9-10-8-6-4-2;1-3-5-7-9-8-6-4-2;1-4-5-6-7-8(2)3;1-3-5-6-4-2;1-4(2)3;1-2/h3-10H2,1-2H3;3-9H2,1-2H3;8H,4-7H2,1-3H3;3-6H2,1-2H3;1H2,2-3H3;1-2H2. The molecule has 0 amide bonds. The molecule has 0 aliphatic rings. The molecule has 0 radical (unpaired) electrons. The van der Waals surface area contributed by atoms with Gasteiger partial charge < -0.3 is 0 Å². The normalized spacial score (nSPS) is 9.23. The first-order chi connectivity index (χ1) is 18.7. The van der Waals surface area contributed by atoms with E-state index in [1.807, 2.05) is 13.8 Å². The third kappa shape index (κ3) is 112. The Hall–Kier alpha value is -0.520. The lowest BCUT2D eigenvalue weighted by molar-refractivity contribution is 0.534. The molecule has 0 saturated carbocycles. The molecule has 0 fully saturated rings. The summed E-state index contributed by atoms with van der Waals surface area (Å²) in [6, 6.07) is 0. The van der Waals surface area contributed by atoms with E-state index in [0.29, 0.717) is 0 Å². The van der Waals surface area contributed by atoms with Gasteiger partial charge in [0.15, 0.2) is 0 Å². The van der Waals surface area contributed by atoms with Gasteiger partial charge in [0.1, 0.15) is 0 Å². The van der Waals surface area contributed by atoms with Crippen LogP contribution >= 0.6 is 0 Å². The van der Waals surface area contributed by atoms with Gasteiger partial charge in [0, 0.05) is 0 Å². The smallest absolute Gasteiger partial charge is 0.0445 e. The second kappa shape index (κ2) is 61.5. The van der Waals surface area contributed by atoms with Gasteiger partial charge in [-0.1, -0.05) is 216 Å². The van der Waals surface area contributed by atoms with Crippen LogP contribution in [0, 0.1) is 5.92 Å². The van der Waals surface area contributed by atoms with Crippen molar-refractivity contribution in [2.24, 2.45) is 5.92 Å². The summed E-state index contributed by atoms with van der Waals surface area (Å²) in [5.41, 5.74) is 1.17. The van der Waals surface area contributed by atoms with E-state index < -0.39 is 0 Å². The topological polar surface area (TPSA) is 0 Å². The van der Waals surface area contributed by atoms with Crippen molar-refractivity contribution in [3.8, 4) is 0 Å². The molecule has 0 atom stereocenters. The molecule has 0 heteroatoms. The Kier molecular flexibility index (Phi) is 80.8. The van der Waals surface area contributed by atoms with Gasteiger partial charge in [-0.15, -0.1) is 19.7 Å². The first kappa shape index (κ1) is 51.2. The van der Waals surface area contributed by atoms with Crippen molar-refractivity contribution >= 4 is 0 Å². The number of hydrogen-bond acceptors (Lipinski definition) is 0. The minimum Gasteiger partial charge on any atom is -0.106 e. The first-order valence-electron chi connectivity index (χ1n) is 17.9. The molecular formula is C39H86. The van der Waals surface area contributed by atoms with E-state index >= 15 is 0 Å². The quantitative estimate of drug-likeness (QED) is 0.104. The SMILES string of the molecule is C=C.C=C(C)C.CCCCCC.CCCCCC(C)C.CCCCCCCCC.CCCCCCCCCC. The molecular weight excluding hydrogens is 468 g/mol. The Labute approximate surface area is 254 Å². The predicted molar refractivity (Wildman–Crippen MR) is 192 cm³/mol. The molecule has 0 rings (SSSR count). The number of unbranched alkanes of at least 4 members (excludes halogenated alkanes) is 18. The summed E-state index contributed by atoms with van der Waals surface area (Å²) < 4.78 is 0. The third-order valence-corrected chi connectivity index (χ3v) is 6.01. The number of hydrogen-bond donors (Lipinski definition) is 0. The van der Waals surface area contributed by atoms with Gasteiger partial charge in [-0.05, 0) is 19.8 Å². The Bertz CT molecular complexity index is 305. The van der Waals surface area contributed by atoms with Crippen molar-refractivity contribution in [1.29, 1.82) is 0 Å². The molecule has 0 aromatic carbocycles. The van der Waals surface area contributed by atoms with Crippen molar-refractivity contribution in [2.45, 2.75) is 224 Å². The summed E-state index contributed by atoms with van der Waals surface area (Å²) in [6.45, 7) is 33.9. The lowest BCUT2D eigenvalue weighted by Crippen LogP contribution is -1.85. The molecule has 0 nitrogen and oxygen atoms in total. The molecule has 0 aromatic heterocycles. The van der Waals surface area contributed by atoms with Gasteiger partial charge in [-0.25, -0.2) is 0 Å². The van der Waals surface area contributed by atoms with Gasteiger partial charge in [0.2, 0.25) is 0 Å². The maximum absolute atomic E-state index is 3.56. The molecule has 0 aliphatic carbocycles. The van der Waals surface area contributed by atoms with Crippen LogP contribution in [0.3, 0.4) is 0 Å². The summed E-state index contributed by atoms with van der Waals surface area (Å²) >= 11 is 0. The fourth-order valence-corrected chi connectivity index (χ4v) is 3.54. The fourth-order valence-electron chi connectivity index (χ4n) is 3.54. The van der Waals surface area contributed by atoms with Gasteiger partial charge in [0.25, 0.3) is 0 Å². The van der Waals surface area contributed by atoms with Gasteiger partial charge in [-0.3, -0.25) is 0 Å². The van der Waals surface area contributed by atoms with E-state index in [-0.39, 0.29) is 0 Å². The molecule has 0 aliphatic heterocycles. The van der Waals surface area contributed by atoms with Crippen LogP contribution < -0.4 is 0 Å². The molecule has 0 heterocycles. The Morgan fingerprint density at radius 1 is 0.385 bits per heavy atom. The first-order valence-corrected chi connectivity index (χ1v) is 17.9. The third-order valence-electron chi connectivity index (χ3n) is 6.01. The second-order valence-electron chi connectivity index (χ2n) is 11.7. The van der Waals surface area contributed by atoms with Gasteiger partial charge in [-0.2, -0.15) is 0 Å². The molecule has 0 spiro atoms. The van der Waals surface area contributed by atoms with Gasteiger partial charge >= 0.3 is 0 Å². The van der Waals surface area contributed by atoms with Crippen molar-refractivity contribution in [3.05, 3.63) is 25.3 Å². The summed E-state index contributed by atoms with van der Waals surface area (Å²) in [4.78, 5) is 0. The van der Waals surface area contributed by atoms with Crippen LogP contribution in [0.25, 0.3) is 0 Å². The molecule has 0 N–H and O–H groups in total. The summed E-state index contributed by atoms with van der Waals surface area (Å²) in [5.74, 6) is 0.904. The summed E-state index contributed by atoms with van der Waals surface area (Å²) in [5, 5.41) is 0. The average Bonchev–Trinajstić information content (AvgIpc) is 2.91. The van der Waals surface area contributed by atoms with Crippen molar-refractivity contribution in [1.82, 2.24) is 0 Å². The van der Waals surface area contributed by atoms with Crippen LogP contribution in [-0.2, 0) is 0 Å². The molecule has 0 bridgehead atoms. The van der Waals surface area contributed by atoms with Crippen LogP contribution in [0.1, 0.15) is 224 Å². The van der Waals surface area contributed by atoms with Crippen molar-refractivity contribution in [3.63, 3.8) is 0 Å².